The van der Waals surface area contributed by atoms with Crippen LogP contribution in [0.5, 0.6) is 0 Å². The quantitative estimate of drug-likeness (QED) is 0.557. The monoisotopic (exact) mass is 316 g/mol. The lowest BCUT2D eigenvalue weighted by molar-refractivity contribution is 1.35. The molecule has 0 saturated carbocycles. The van der Waals surface area contributed by atoms with Gasteiger partial charge in [-0.25, -0.2) is 0 Å². The van der Waals surface area contributed by atoms with E-state index in [4.69, 9.17) is 0 Å². The predicted molar refractivity (Wildman–Crippen MR) is 87.4 cm³/mol. The molecule has 0 aliphatic heterocycles. The van der Waals surface area contributed by atoms with Crippen LogP contribution in [0.15, 0.2) is 0 Å². The molecule has 0 spiro atoms. The van der Waals surface area contributed by atoms with Gasteiger partial charge in [0.1, 0.15) is 0 Å². The van der Waals surface area contributed by atoms with E-state index in [1.807, 2.05) is 0 Å². The minimum absolute atomic E-state index is 0. The second-order valence-electron chi connectivity index (χ2n) is 3.24. The van der Waals surface area contributed by atoms with E-state index in [0.717, 1.165) is 0 Å². The first-order chi connectivity index (χ1) is 6.69. The van der Waals surface area contributed by atoms with Crippen LogP contribution in [0, 0.1) is 0 Å². The third kappa shape index (κ3) is 15.3. The molecular weight excluding hydrogens is 286 g/mol. The Balaban J connectivity index is -0.000000180. The van der Waals surface area contributed by atoms with E-state index in [-0.39, 0.29) is 17.0 Å². The maximum absolute atomic E-state index is 2.29. The van der Waals surface area contributed by atoms with Crippen LogP contribution in [0.4, 0.5) is 0 Å². The molecule has 0 bridgehead atoms. The van der Waals surface area contributed by atoms with Gasteiger partial charge in [0.15, 0.2) is 0 Å². The summed E-state index contributed by atoms with van der Waals surface area (Å²) in [6.45, 7) is 13.7. The Morgan fingerprint density at radius 2 is 0.600 bits per heavy atom. The molecule has 3 heteroatoms. The Hall–Kier alpha value is 1.34. The highest BCUT2D eigenvalue weighted by Crippen LogP contribution is 2.32. The third-order valence-corrected chi connectivity index (χ3v) is 8.05. The van der Waals surface area contributed by atoms with Crippen molar-refractivity contribution in [1.82, 2.24) is 0 Å². The van der Waals surface area contributed by atoms with E-state index >= 15 is 0 Å². The molecule has 0 aliphatic rings. The first-order valence-corrected chi connectivity index (χ1v) is 9.93. The van der Waals surface area contributed by atoms with Gasteiger partial charge in [-0.05, 0) is 37.0 Å². The highest BCUT2D eigenvalue weighted by Gasteiger charge is 1.94. The van der Waals surface area contributed by atoms with Crippen molar-refractivity contribution in [2.45, 2.75) is 41.5 Å². The molecule has 0 aliphatic carbocycles. The van der Waals surface area contributed by atoms with Gasteiger partial charge in [-0.2, -0.15) is 0 Å². The van der Waals surface area contributed by atoms with Crippen LogP contribution in [-0.4, -0.2) is 37.0 Å². The lowest BCUT2D eigenvalue weighted by Crippen LogP contribution is -1.83. The van der Waals surface area contributed by atoms with Crippen LogP contribution in [0.25, 0.3) is 0 Å². The van der Waals surface area contributed by atoms with Gasteiger partial charge in [-0.3, -0.25) is 0 Å². The fourth-order valence-electron chi connectivity index (χ4n) is 1.34. The van der Waals surface area contributed by atoms with Crippen molar-refractivity contribution in [1.29, 1.82) is 0 Å². The van der Waals surface area contributed by atoms with Crippen LogP contribution in [0.2, 0.25) is 0 Å². The zero-order valence-electron chi connectivity index (χ0n) is 11.5. The molecule has 0 radical (unpaired) electrons. The molecule has 0 heterocycles. The van der Waals surface area contributed by atoms with Crippen LogP contribution in [0.1, 0.15) is 41.5 Å². The molecular formula is C12H31BrP2. The molecule has 0 aromatic rings. The van der Waals surface area contributed by atoms with Crippen molar-refractivity contribution < 1.29 is 0 Å². The van der Waals surface area contributed by atoms with Crippen molar-refractivity contribution in [3.8, 4) is 0 Å². The average molecular weight is 317 g/mol. The summed E-state index contributed by atoms with van der Waals surface area (Å²) in [5.74, 6) is 0. The molecule has 96 valence electrons. The van der Waals surface area contributed by atoms with Crippen molar-refractivity contribution in [2.24, 2.45) is 0 Å². The molecule has 0 fully saturated rings. The van der Waals surface area contributed by atoms with Gasteiger partial charge in [-0.1, -0.05) is 41.5 Å². The van der Waals surface area contributed by atoms with E-state index < -0.39 is 0 Å². The van der Waals surface area contributed by atoms with E-state index in [2.05, 4.69) is 41.5 Å². The predicted octanol–water partition coefficient (Wildman–Crippen LogP) is 5.63. The van der Waals surface area contributed by atoms with Crippen molar-refractivity contribution in [3.63, 3.8) is 0 Å². The van der Waals surface area contributed by atoms with Gasteiger partial charge in [0.05, 0.1) is 0 Å². The molecule has 0 amide bonds. The Morgan fingerprint density at radius 1 is 0.467 bits per heavy atom. The molecule has 0 N–H and O–H groups in total. The largest absolute Gasteiger partial charge is 0.114 e. The van der Waals surface area contributed by atoms with E-state index in [0.29, 0.717) is 15.8 Å². The minimum Gasteiger partial charge on any atom is -0.114 e. The van der Waals surface area contributed by atoms with Gasteiger partial charge < -0.3 is 0 Å². The molecule has 0 aromatic carbocycles. The van der Waals surface area contributed by atoms with E-state index in [1.54, 1.807) is 0 Å². The van der Waals surface area contributed by atoms with Crippen LogP contribution >= 0.6 is 32.8 Å². The molecule has 15 heavy (non-hydrogen) atoms. The zero-order valence-corrected chi connectivity index (χ0v) is 15.0. The summed E-state index contributed by atoms with van der Waals surface area (Å²) in [5.41, 5.74) is 0. The smallest absolute Gasteiger partial charge is 0.0355 e. The Morgan fingerprint density at radius 3 is 0.600 bits per heavy atom. The molecule has 0 saturated heterocycles. The lowest BCUT2D eigenvalue weighted by Gasteiger charge is -2.07. The highest BCUT2D eigenvalue weighted by molar-refractivity contribution is 8.93. The van der Waals surface area contributed by atoms with E-state index in [1.165, 1.54) is 37.0 Å². The Kier molecular flexibility index (Phi) is 25.5. The number of halogens is 1. The maximum Gasteiger partial charge on any atom is -0.0355 e. The average Bonchev–Trinajstić information content (AvgIpc) is 2.24. The molecule has 0 atom stereocenters. The van der Waals surface area contributed by atoms with Crippen LogP contribution in [0.3, 0.4) is 0 Å². The van der Waals surface area contributed by atoms with E-state index in [9.17, 15) is 0 Å². The summed E-state index contributed by atoms with van der Waals surface area (Å²) in [6.07, 6.45) is 8.51. The highest BCUT2D eigenvalue weighted by atomic mass is 79.9. The normalized spacial score (nSPS) is 9.60. The summed E-state index contributed by atoms with van der Waals surface area (Å²) in [6, 6.07) is 0. The van der Waals surface area contributed by atoms with Gasteiger partial charge in [-0.15, -0.1) is 32.8 Å². The summed E-state index contributed by atoms with van der Waals surface area (Å²) in [4.78, 5) is 0. The summed E-state index contributed by atoms with van der Waals surface area (Å²) < 4.78 is 0. The second-order valence-corrected chi connectivity index (χ2v) is 9.72. The first kappa shape index (κ1) is 21.6. The topological polar surface area (TPSA) is 0 Å². The Labute approximate surface area is 111 Å². The van der Waals surface area contributed by atoms with Gasteiger partial charge in [0, 0.05) is 0 Å². The van der Waals surface area contributed by atoms with Crippen LogP contribution < -0.4 is 0 Å². The Bertz CT molecular complexity index is 68.6. The van der Waals surface area contributed by atoms with Crippen LogP contribution in [-0.2, 0) is 0 Å². The number of hydrogen-bond acceptors (Lipinski definition) is 0. The van der Waals surface area contributed by atoms with Gasteiger partial charge in [0.2, 0.25) is 0 Å². The van der Waals surface area contributed by atoms with Crippen molar-refractivity contribution >= 4 is 32.8 Å². The maximum atomic E-state index is 2.29. The molecule has 0 rings (SSSR count). The molecule has 0 aromatic heterocycles. The molecule has 0 nitrogen and oxygen atoms in total. The molecule has 0 unspecified atom stereocenters. The zero-order chi connectivity index (χ0) is 11.4. The number of hydrogen-bond donors (Lipinski definition) is 0. The SMILES string of the molecule is Br.CCP(CC)CC.CCP(CC)CC. The first-order valence-electron chi connectivity index (χ1n) is 6.14. The third-order valence-electron chi connectivity index (χ3n) is 2.68. The second kappa shape index (κ2) is 17.7. The standard InChI is InChI=1S/2C6H15P.BrH/c2*1-4-7(5-2)6-3;/h2*4-6H2,1-3H3;1H. The summed E-state index contributed by atoms with van der Waals surface area (Å²) >= 11 is 0. The number of rotatable bonds is 6. The minimum atomic E-state index is 0. The fourth-order valence-corrected chi connectivity index (χ4v) is 4.02. The summed E-state index contributed by atoms with van der Waals surface area (Å²) in [5, 5.41) is 0. The fraction of sp³-hybridized carbons (Fsp3) is 1.00. The van der Waals surface area contributed by atoms with Gasteiger partial charge in [0.25, 0.3) is 0 Å². The lowest BCUT2D eigenvalue weighted by atomic mass is 10.9. The summed E-state index contributed by atoms with van der Waals surface area (Å²) in [7, 11) is 0.892. The van der Waals surface area contributed by atoms with Crippen molar-refractivity contribution in [2.75, 3.05) is 37.0 Å². The van der Waals surface area contributed by atoms with Gasteiger partial charge >= 0.3 is 0 Å². The van der Waals surface area contributed by atoms with Crippen molar-refractivity contribution in [3.05, 3.63) is 0 Å².